The number of non-ortho nitro benzene ring substituents is 1. The Hall–Kier alpha value is -3.26. The molecule has 0 saturated heterocycles. The molecule has 1 atom stereocenters. The Labute approximate surface area is 166 Å². The van der Waals surface area contributed by atoms with E-state index in [0.717, 1.165) is 12.0 Å². The van der Waals surface area contributed by atoms with Gasteiger partial charge in [-0.2, -0.15) is 5.10 Å². The summed E-state index contributed by atoms with van der Waals surface area (Å²) in [6, 6.07) is 13.2. The minimum Gasteiger partial charge on any atom is -0.348 e. The monoisotopic (exact) mass is 399 g/mol. The average Bonchev–Trinajstić information content (AvgIpc) is 3.15. The largest absolute Gasteiger partial charge is 0.348 e. The van der Waals surface area contributed by atoms with Gasteiger partial charge in [0, 0.05) is 22.7 Å². The highest BCUT2D eigenvalue weighted by molar-refractivity contribution is 6.30. The van der Waals surface area contributed by atoms with Gasteiger partial charge in [0.15, 0.2) is 5.82 Å². The summed E-state index contributed by atoms with van der Waals surface area (Å²) in [6.45, 7) is 1.97. The number of rotatable bonds is 7. The second-order valence-electron chi connectivity index (χ2n) is 6.15. The number of nitrogens with one attached hydrogen (secondary N) is 1. The Balaban J connectivity index is 1.67. The van der Waals surface area contributed by atoms with Crippen molar-refractivity contribution in [2.24, 2.45) is 0 Å². The molecule has 0 fully saturated rings. The van der Waals surface area contributed by atoms with E-state index in [1.807, 2.05) is 19.1 Å². The number of nitrogens with zero attached hydrogens (tertiary/aromatic N) is 4. The fraction of sp³-hybridized carbons (Fsp3) is 0.211. The number of benzene rings is 2. The van der Waals surface area contributed by atoms with Crippen molar-refractivity contribution in [2.45, 2.75) is 25.9 Å². The van der Waals surface area contributed by atoms with Gasteiger partial charge in [-0.15, -0.1) is 0 Å². The molecule has 1 aromatic heterocycles. The Morgan fingerprint density at radius 3 is 2.71 bits per heavy atom. The van der Waals surface area contributed by atoms with Crippen LogP contribution in [0.15, 0.2) is 54.9 Å². The Bertz CT molecular complexity index is 987. The number of carbonyl (C=O) groups is 1. The molecular weight excluding hydrogens is 382 g/mol. The van der Waals surface area contributed by atoms with Crippen LogP contribution in [-0.4, -0.2) is 25.6 Å². The van der Waals surface area contributed by atoms with E-state index in [4.69, 9.17) is 11.6 Å². The summed E-state index contributed by atoms with van der Waals surface area (Å²) in [5.41, 5.74) is 1.44. The second kappa shape index (κ2) is 8.62. The fourth-order valence-electron chi connectivity index (χ4n) is 2.76. The van der Waals surface area contributed by atoms with Crippen LogP contribution in [0.1, 0.15) is 24.9 Å². The lowest BCUT2D eigenvalue weighted by atomic mass is 10.0. The first-order valence-electron chi connectivity index (χ1n) is 8.65. The van der Waals surface area contributed by atoms with Crippen LogP contribution in [0.25, 0.3) is 11.4 Å². The average molecular weight is 400 g/mol. The molecule has 0 saturated carbocycles. The lowest BCUT2D eigenvalue weighted by molar-refractivity contribution is -0.384. The molecule has 1 unspecified atom stereocenters. The van der Waals surface area contributed by atoms with Crippen molar-refractivity contribution in [1.82, 2.24) is 20.1 Å². The number of halogens is 1. The number of carbonyl (C=O) groups excluding carboxylic acids is 1. The molecule has 0 aliphatic rings. The molecule has 3 rings (SSSR count). The molecule has 1 N–H and O–H groups in total. The van der Waals surface area contributed by atoms with Gasteiger partial charge in [-0.05, 0) is 24.1 Å². The van der Waals surface area contributed by atoms with Crippen molar-refractivity contribution >= 4 is 23.2 Å². The summed E-state index contributed by atoms with van der Waals surface area (Å²) in [4.78, 5) is 27.0. The number of hydrogen-bond donors (Lipinski definition) is 1. The van der Waals surface area contributed by atoms with Crippen LogP contribution in [0, 0.1) is 10.1 Å². The van der Waals surface area contributed by atoms with Crippen LogP contribution in [0.5, 0.6) is 0 Å². The molecule has 9 heteroatoms. The molecule has 1 amide bonds. The van der Waals surface area contributed by atoms with Crippen molar-refractivity contribution in [3.8, 4) is 11.4 Å². The van der Waals surface area contributed by atoms with Gasteiger partial charge in [0.25, 0.3) is 5.69 Å². The fourth-order valence-corrected chi connectivity index (χ4v) is 2.89. The van der Waals surface area contributed by atoms with Gasteiger partial charge in [-0.3, -0.25) is 14.9 Å². The molecule has 0 aliphatic heterocycles. The van der Waals surface area contributed by atoms with Gasteiger partial charge in [-0.25, -0.2) is 9.67 Å². The highest BCUT2D eigenvalue weighted by Crippen LogP contribution is 2.21. The molecule has 3 aromatic rings. The summed E-state index contributed by atoms with van der Waals surface area (Å²) >= 11 is 5.91. The number of aromatic nitrogens is 3. The molecule has 144 valence electrons. The van der Waals surface area contributed by atoms with Gasteiger partial charge < -0.3 is 5.32 Å². The molecule has 28 heavy (non-hydrogen) atoms. The van der Waals surface area contributed by atoms with Crippen LogP contribution in [0.3, 0.4) is 0 Å². The number of hydrogen-bond acceptors (Lipinski definition) is 5. The van der Waals surface area contributed by atoms with E-state index in [0.29, 0.717) is 16.4 Å². The zero-order valence-electron chi connectivity index (χ0n) is 15.1. The molecular formula is C19H18ClN5O3. The van der Waals surface area contributed by atoms with Gasteiger partial charge in [-0.1, -0.05) is 42.8 Å². The summed E-state index contributed by atoms with van der Waals surface area (Å²) in [6.07, 6.45) is 2.15. The van der Waals surface area contributed by atoms with Crippen molar-refractivity contribution < 1.29 is 9.72 Å². The molecule has 0 radical (unpaired) electrons. The highest BCUT2D eigenvalue weighted by atomic mass is 35.5. The maximum Gasteiger partial charge on any atom is 0.270 e. The lowest BCUT2D eigenvalue weighted by Gasteiger charge is -2.17. The summed E-state index contributed by atoms with van der Waals surface area (Å²) in [7, 11) is 0. The summed E-state index contributed by atoms with van der Waals surface area (Å²) in [5, 5.41) is 18.7. The minimum absolute atomic E-state index is 0.00792. The number of nitro groups is 1. The quantitative estimate of drug-likeness (QED) is 0.481. The first-order chi connectivity index (χ1) is 13.5. The van der Waals surface area contributed by atoms with Crippen molar-refractivity contribution in [3.63, 3.8) is 0 Å². The standard InChI is InChI=1S/C19H18ClN5O3/c1-2-17(13-6-8-15(20)9-7-13)22-18(26)11-24-12-21-19(23-24)14-4-3-5-16(10-14)25(27)28/h3-10,12,17H,2,11H2,1H3,(H,22,26). The van der Waals surface area contributed by atoms with Crippen LogP contribution < -0.4 is 5.32 Å². The minimum atomic E-state index is -0.477. The predicted octanol–water partition coefficient (Wildman–Crippen LogP) is 3.77. The molecule has 0 spiro atoms. The van der Waals surface area contributed by atoms with E-state index < -0.39 is 4.92 Å². The van der Waals surface area contributed by atoms with E-state index in [2.05, 4.69) is 15.4 Å². The number of nitro benzene ring substituents is 1. The predicted molar refractivity (Wildman–Crippen MR) is 105 cm³/mol. The van der Waals surface area contributed by atoms with Crippen LogP contribution in [-0.2, 0) is 11.3 Å². The zero-order valence-corrected chi connectivity index (χ0v) is 15.8. The van der Waals surface area contributed by atoms with Crippen LogP contribution in [0.4, 0.5) is 5.69 Å². The first kappa shape index (κ1) is 19.5. The second-order valence-corrected chi connectivity index (χ2v) is 6.59. The number of amides is 1. The van der Waals surface area contributed by atoms with Gasteiger partial charge >= 0.3 is 0 Å². The van der Waals surface area contributed by atoms with Gasteiger partial charge in [0.2, 0.25) is 5.91 Å². The van der Waals surface area contributed by atoms with Crippen LogP contribution >= 0.6 is 11.6 Å². The van der Waals surface area contributed by atoms with Crippen LogP contribution in [0.2, 0.25) is 5.02 Å². The first-order valence-corrected chi connectivity index (χ1v) is 9.03. The van der Waals surface area contributed by atoms with Crippen molar-refractivity contribution in [1.29, 1.82) is 0 Å². The molecule has 8 nitrogen and oxygen atoms in total. The Morgan fingerprint density at radius 1 is 1.29 bits per heavy atom. The lowest BCUT2D eigenvalue weighted by Crippen LogP contribution is -2.31. The van der Waals surface area contributed by atoms with Crippen molar-refractivity contribution in [3.05, 3.63) is 75.6 Å². The normalized spacial score (nSPS) is 11.8. The SMILES string of the molecule is CCC(NC(=O)Cn1cnc(-c2cccc([N+](=O)[O-])c2)n1)c1ccc(Cl)cc1. The third-order valence-electron chi connectivity index (χ3n) is 4.17. The van der Waals surface area contributed by atoms with E-state index in [1.165, 1.54) is 23.1 Å². The van der Waals surface area contributed by atoms with E-state index in [9.17, 15) is 14.9 Å². The molecule has 2 aromatic carbocycles. The van der Waals surface area contributed by atoms with E-state index in [1.54, 1.807) is 24.3 Å². The molecule has 0 bridgehead atoms. The molecule has 1 heterocycles. The maximum atomic E-state index is 12.4. The topological polar surface area (TPSA) is 103 Å². The zero-order chi connectivity index (χ0) is 20.1. The van der Waals surface area contributed by atoms with Crippen molar-refractivity contribution in [2.75, 3.05) is 0 Å². The molecule has 0 aliphatic carbocycles. The maximum absolute atomic E-state index is 12.4. The van der Waals surface area contributed by atoms with Gasteiger partial charge in [0.1, 0.15) is 12.9 Å². The highest BCUT2D eigenvalue weighted by Gasteiger charge is 2.15. The third-order valence-corrected chi connectivity index (χ3v) is 4.43. The smallest absolute Gasteiger partial charge is 0.270 e. The third kappa shape index (κ3) is 4.72. The van der Waals surface area contributed by atoms with E-state index in [-0.39, 0.29) is 24.2 Å². The Morgan fingerprint density at radius 2 is 2.04 bits per heavy atom. The Kier molecular flexibility index (Phi) is 6.00. The van der Waals surface area contributed by atoms with Gasteiger partial charge in [0.05, 0.1) is 11.0 Å². The summed E-state index contributed by atoms with van der Waals surface area (Å²) in [5.74, 6) is 0.110. The van der Waals surface area contributed by atoms with E-state index >= 15 is 0 Å². The summed E-state index contributed by atoms with van der Waals surface area (Å²) < 4.78 is 1.40.